The molecular formula is C20H24O10. The summed E-state index contributed by atoms with van der Waals surface area (Å²) < 4.78 is 21.9. The molecule has 7 atom stereocenters. The summed E-state index contributed by atoms with van der Waals surface area (Å²) >= 11 is 0. The fourth-order valence-corrected chi connectivity index (χ4v) is 3.75. The van der Waals surface area contributed by atoms with Crippen LogP contribution in [0.4, 0.5) is 0 Å². The van der Waals surface area contributed by atoms with Crippen LogP contribution >= 0.6 is 0 Å². The number of hydrogen-bond acceptors (Lipinski definition) is 10. The molecule has 2 aliphatic heterocycles. The largest absolute Gasteiger partial charge is 0.487 e. The summed E-state index contributed by atoms with van der Waals surface area (Å²) in [5.74, 6) is 0.481. The Kier molecular flexibility index (Phi) is 5.58. The summed E-state index contributed by atoms with van der Waals surface area (Å²) in [4.78, 5) is 11.6. The molecule has 0 spiro atoms. The summed E-state index contributed by atoms with van der Waals surface area (Å²) in [6.45, 7) is 0.558. The average molecular weight is 424 g/mol. The van der Waals surface area contributed by atoms with Crippen molar-refractivity contribution in [3.8, 4) is 5.75 Å². The lowest BCUT2D eigenvalue weighted by atomic mass is 9.95. The quantitative estimate of drug-likeness (QED) is 0.364. The molecule has 0 radical (unpaired) electrons. The lowest BCUT2D eigenvalue weighted by molar-refractivity contribution is -0.310. The van der Waals surface area contributed by atoms with E-state index in [0.29, 0.717) is 16.9 Å². The van der Waals surface area contributed by atoms with Crippen molar-refractivity contribution in [3.63, 3.8) is 0 Å². The number of benzene rings is 1. The number of ether oxygens (including phenoxy) is 3. The summed E-state index contributed by atoms with van der Waals surface area (Å²) in [6.07, 6.45) is -7.61. The first-order valence-electron chi connectivity index (χ1n) is 9.58. The molecule has 1 aromatic heterocycles. The van der Waals surface area contributed by atoms with Crippen molar-refractivity contribution in [3.05, 3.63) is 40.2 Å². The third kappa shape index (κ3) is 3.71. The first kappa shape index (κ1) is 21.2. The minimum absolute atomic E-state index is 0.255. The van der Waals surface area contributed by atoms with E-state index in [1.54, 1.807) is 18.2 Å². The highest BCUT2D eigenvalue weighted by Gasteiger charge is 2.46. The number of hydrogen-bond donors (Lipinski definition) is 5. The van der Waals surface area contributed by atoms with Crippen molar-refractivity contribution in [2.75, 3.05) is 13.2 Å². The van der Waals surface area contributed by atoms with Gasteiger partial charge in [0, 0.05) is 23.4 Å². The highest BCUT2D eigenvalue weighted by molar-refractivity contribution is 5.82. The van der Waals surface area contributed by atoms with Crippen LogP contribution in [0.1, 0.15) is 12.5 Å². The number of fused-ring (bicyclic) bond motifs is 3. The molecule has 0 bridgehead atoms. The van der Waals surface area contributed by atoms with Crippen molar-refractivity contribution in [2.24, 2.45) is 0 Å². The standard InChI is InChI=1S/C20H24O10/c1-20(26,8-27-19-17(25)16(24)15(23)12(7-21)29-19)13-6-10-11(28-13)4-2-9-3-5-14(22)30-18(9)10/h2-5,12-13,15-17,19,21,23-26H,6-8H2,1H3. The summed E-state index contributed by atoms with van der Waals surface area (Å²) in [5.41, 5.74) is -0.979. The van der Waals surface area contributed by atoms with Gasteiger partial charge in [-0.2, -0.15) is 0 Å². The molecule has 10 heteroatoms. The van der Waals surface area contributed by atoms with Crippen LogP contribution < -0.4 is 10.4 Å². The predicted molar refractivity (Wildman–Crippen MR) is 101 cm³/mol. The molecule has 7 unspecified atom stereocenters. The molecule has 164 valence electrons. The van der Waals surface area contributed by atoms with E-state index in [4.69, 9.17) is 18.6 Å². The smallest absolute Gasteiger partial charge is 0.336 e. The zero-order chi connectivity index (χ0) is 21.6. The van der Waals surface area contributed by atoms with Crippen LogP contribution in [0.3, 0.4) is 0 Å². The second kappa shape index (κ2) is 7.89. The van der Waals surface area contributed by atoms with Gasteiger partial charge in [-0.15, -0.1) is 0 Å². The summed E-state index contributed by atoms with van der Waals surface area (Å²) in [6, 6.07) is 6.45. The van der Waals surface area contributed by atoms with Crippen LogP contribution in [0, 0.1) is 0 Å². The van der Waals surface area contributed by atoms with E-state index in [9.17, 15) is 30.3 Å². The third-order valence-electron chi connectivity index (χ3n) is 5.59. The molecule has 3 heterocycles. The maximum atomic E-state index is 11.6. The fraction of sp³-hybridized carbons (Fsp3) is 0.550. The highest BCUT2D eigenvalue weighted by Crippen LogP contribution is 2.38. The van der Waals surface area contributed by atoms with Crippen molar-refractivity contribution < 1.29 is 44.2 Å². The van der Waals surface area contributed by atoms with Crippen molar-refractivity contribution in [1.82, 2.24) is 0 Å². The Bertz CT molecular complexity index is 968. The Morgan fingerprint density at radius 3 is 2.60 bits per heavy atom. The maximum Gasteiger partial charge on any atom is 0.336 e. The molecule has 1 aromatic carbocycles. The van der Waals surface area contributed by atoms with Crippen LogP contribution in [0.5, 0.6) is 5.75 Å². The molecular weight excluding hydrogens is 400 g/mol. The van der Waals surface area contributed by atoms with Gasteiger partial charge in [0.25, 0.3) is 0 Å². The minimum atomic E-state index is -1.58. The van der Waals surface area contributed by atoms with Gasteiger partial charge in [-0.25, -0.2) is 4.79 Å². The van der Waals surface area contributed by atoms with Gasteiger partial charge in [0.05, 0.1) is 13.2 Å². The van der Waals surface area contributed by atoms with Crippen molar-refractivity contribution >= 4 is 11.0 Å². The van der Waals surface area contributed by atoms with Crippen molar-refractivity contribution in [2.45, 2.75) is 55.8 Å². The first-order chi connectivity index (χ1) is 14.2. The normalized spacial score (nSPS) is 33.1. The molecule has 30 heavy (non-hydrogen) atoms. The van der Waals surface area contributed by atoms with E-state index in [0.717, 1.165) is 5.39 Å². The van der Waals surface area contributed by atoms with Crippen molar-refractivity contribution in [1.29, 1.82) is 0 Å². The molecule has 4 rings (SSSR count). The molecule has 1 fully saturated rings. The number of rotatable bonds is 5. The van der Waals surface area contributed by atoms with Gasteiger partial charge in [-0.1, -0.05) is 0 Å². The summed E-state index contributed by atoms with van der Waals surface area (Å²) in [5, 5.41) is 50.7. The molecule has 5 N–H and O–H groups in total. The predicted octanol–water partition coefficient (Wildman–Crippen LogP) is -1.34. The second-order valence-electron chi connectivity index (χ2n) is 7.89. The molecule has 2 aromatic rings. The first-order valence-corrected chi connectivity index (χ1v) is 9.58. The van der Waals surface area contributed by atoms with Gasteiger partial charge in [-0.3, -0.25) is 0 Å². The fourth-order valence-electron chi connectivity index (χ4n) is 3.75. The Morgan fingerprint density at radius 2 is 1.87 bits per heavy atom. The monoisotopic (exact) mass is 424 g/mol. The topological polar surface area (TPSA) is 159 Å². The lowest BCUT2D eigenvalue weighted by Gasteiger charge is -2.40. The van der Waals surface area contributed by atoms with Crippen LogP contribution in [0.2, 0.25) is 0 Å². The molecule has 2 aliphatic rings. The van der Waals surface area contributed by atoms with Crippen LogP contribution in [-0.2, 0) is 15.9 Å². The van der Waals surface area contributed by atoms with Gasteiger partial charge in [0.1, 0.15) is 47.5 Å². The van der Waals surface area contributed by atoms with Gasteiger partial charge in [0.2, 0.25) is 0 Å². The average Bonchev–Trinajstić information content (AvgIpc) is 3.17. The number of aliphatic hydroxyl groups excluding tert-OH is 4. The van der Waals surface area contributed by atoms with Gasteiger partial charge in [-0.05, 0) is 25.1 Å². The Balaban J connectivity index is 1.47. The number of aliphatic hydroxyl groups is 5. The minimum Gasteiger partial charge on any atom is -0.487 e. The van der Waals surface area contributed by atoms with E-state index in [1.165, 1.54) is 13.0 Å². The van der Waals surface area contributed by atoms with Crippen LogP contribution in [0.25, 0.3) is 11.0 Å². The maximum absolute atomic E-state index is 11.6. The zero-order valence-corrected chi connectivity index (χ0v) is 16.2. The Morgan fingerprint density at radius 1 is 1.13 bits per heavy atom. The second-order valence-corrected chi connectivity index (χ2v) is 7.89. The van der Waals surface area contributed by atoms with Crippen LogP contribution in [0.15, 0.2) is 33.5 Å². The molecule has 0 amide bonds. The van der Waals surface area contributed by atoms with Gasteiger partial charge < -0.3 is 44.2 Å². The van der Waals surface area contributed by atoms with E-state index in [2.05, 4.69) is 0 Å². The van der Waals surface area contributed by atoms with Gasteiger partial charge in [0.15, 0.2) is 6.29 Å². The Hall–Kier alpha value is -2.05. The molecule has 0 saturated carbocycles. The van der Waals surface area contributed by atoms with E-state index in [-0.39, 0.29) is 13.0 Å². The SMILES string of the molecule is CC(O)(COC1OC(CO)C(O)C(O)C1O)C1Cc2c(ccc3ccc(=O)oc23)O1. The summed E-state index contributed by atoms with van der Waals surface area (Å²) in [7, 11) is 0. The third-order valence-corrected chi connectivity index (χ3v) is 5.59. The molecule has 0 aliphatic carbocycles. The Labute approximate surface area is 170 Å². The highest BCUT2D eigenvalue weighted by atomic mass is 16.7. The molecule has 10 nitrogen and oxygen atoms in total. The molecule has 1 saturated heterocycles. The van der Waals surface area contributed by atoms with E-state index >= 15 is 0 Å². The lowest BCUT2D eigenvalue weighted by Crippen LogP contribution is -2.60. The van der Waals surface area contributed by atoms with E-state index in [1.807, 2.05) is 0 Å². The van der Waals surface area contributed by atoms with E-state index < -0.39 is 54.6 Å². The van der Waals surface area contributed by atoms with Gasteiger partial charge >= 0.3 is 5.63 Å². The van der Waals surface area contributed by atoms with Crippen LogP contribution in [-0.4, -0.2) is 81.2 Å². The zero-order valence-electron chi connectivity index (χ0n) is 16.2.